The molecule has 0 bridgehead atoms. The fraction of sp³-hybridized carbons (Fsp3) is 0.407. The van der Waals surface area contributed by atoms with E-state index in [-0.39, 0.29) is 17.1 Å². The number of ether oxygens (including phenoxy) is 5. The zero-order valence-electron chi connectivity index (χ0n) is 21.4. The first-order chi connectivity index (χ1) is 19.5. The summed E-state index contributed by atoms with van der Waals surface area (Å²) < 4.78 is 26.3. The number of esters is 2. The van der Waals surface area contributed by atoms with Gasteiger partial charge >= 0.3 is 11.9 Å². The molecule has 14 nitrogen and oxygen atoms in total. The topological polar surface area (TPSA) is 222 Å². The molecule has 2 aliphatic heterocycles. The molecule has 0 saturated carbocycles. The van der Waals surface area contributed by atoms with Gasteiger partial charge in [0.1, 0.15) is 37.1 Å². The van der Waals surface area contributed by atoms with Crippen molar-refractivity contribution < 1.29 is 69.0 Å². The first kappa shape index (κ1) is 30.4. The Bertz CT molecular complexity index is 1240. The number of carbonyl (C=O) groups excluding carboxylic acids is 2. The highest BCUT2D eigenvalue weighted by Crippen LogP contribution is 2.29. The van der Waals surface area contributed by atoms with E-state index in [0.717, 1.165) is 6.08 Å². The van der Waals surface area contributed by atoms with E-state index in [1.54, 1.807) is 18.2 Å². The van der Waals surface area contributed by atoms with Crippen LogP contribution >= 0.6 is 0 Å². The predicted molar refractivity (Wildman–Crippen MR) is 135 cm³/mol. The average molecular weight is 579 g/mol. The molecule has 2 aromatic rings. The Morgan fingerprint density at radius 2 is 1.68 bits per heavy atom. The molecular weight excluding hydrogens is 548 g/mol. The number of aliphatic hydroxyl groups excluding tert-OH is 4. The second-order valence-electron chi connectivity index (χ2n) is 9.54. The SMILES string of the molecule is O=C(/C=C/c1ccc(O)c(O)c1)OC[C@@]1(O)CO[C@@H](OC[C@H]2O[C@@H](OC(=O)c3ccccc3)[C@H](O)[C@@H](O)[C@@H]2O)[C@@H]1O. The molecule has 222 valence electrons. The summed E-state index contributed by atoms with van der Waals surface area (Å²) >= 11 is 0. The summed E-state index contributed by atoms with van der Waals surface area (Å²) in [7, 11) is 0. The van der Waals surface area contributed by atoms with Crippen LogP contribution in [0.4, 0.5) is 0 Å². The molecule has 2 aromatic carbocycles. The number of hydrogen-bond donors (Lipinski definition) is 7. The fourth-order valence-electron chi connectivity index (χ4n) is 4.06. The Hall–Kier alpha value is -3.60. The van der Waals surface area contributed by atoms with Crippen molar-refractivity contribution in [1.29, 1.82) is 0 Å². The summed E-state index contributed by atoms with van der Waals surface area (Å²) in [6.07, 6.45) is -9.06. The summed E-state index contributed by atoms with van der Waals surface area (Å²) in [5.74, 6) is -2.44. The minimum atomic E-state index is -2.06. The molecule has 7 N–H and O–H groups in total. The van der Waals surface area contributed by atoms with E-state index in [0.29, 0.717) is 5.56 Å². The number of phenolic OH excluding ortho intramolecular Hbond substituents is 2. The molecule has 0 aliphatic carbocycles. The van der Waals surface area contributed by atoms with Gasteiger partial charge in [-0.3, -0.25) is 0 Å². The lowest BCUT2D eigenvalue weighted by atomic mass is 9.99. The number of aromatic hydroxyl groups is 2. The van der Waals surface area contributed by atoms with Crippen molar-refractivity contribution in [3.8, 4) is 11.5 Å². The lowest BCUT2D eigenvalue weighted by Gasteiger charge is -2.40. The highest BCUT2D eigenvalue weighted by atomic mass is 16.7. The minimum Gasteiger partial charge on any atom is -0.504 e. The Morgan fingerprint density at radius 3 is 2.39 bits per heavy atom. The van der Waals surface area contributed by atoms with E-state index in [2.05, 4.69) is 0 Å². The van der Waals surface area contributed by atoms with Crippen LogP contribution < -0.4 is 0 Å². The Morgan fingerprint density at radius 1 is 0.951 bits per heavy atom. The van der Waals surface area contributed by atoms with Gasteiger partial charge < -0.3 is 59.4 Å². The van der Waals surface area contributed by atoms with Gasteiger partial charge in [-0.15, -0.1) is 0 Å². The van der Waals surface area contributed by atoms with Crippen molar-refractivity contribution in [2.75, 3.05) is 19.8 Å². The third-order valence-corrected chi connectivity index (χ3v) is 6.51. The van der Waals surface area contributed by atoms with Gasteiger partial charge in [0.2, 0.25) is 6.29 Å². The van der Waals surface area contributed by atoms with Crippen molar-refractivity contribution in [3.05, 3.63) is 65.7 Å². The molecule has 0 amide bonds. The van der Waals surface area contributed by atoms with Gasteiger partial charge in [0.25, 0.3) is 0 Å². The third-order valence-electron chi connectivity index (χ3n) is 6.51. The van der Waals surface area contributed by atoms with Crippen LogP contribution in [-0.2, 0) is 28.5 Å². The normalized spacial score (nSPS) is 31.7. The summed E-state index contributed by atoms with van der Waals surface area (Å²) in [4.78, 5) is 24.4. The third kappa shape index (κ3) is 7.19. The Balaban J connectivity index is 1.28. The second kappa shape index (κ2) is 12.9. The van der Waals surface area contributed by atoms with Gasteiger partial charge in [-0.1, -0.05) is 24.3 Å². The summed E-state index contributed by atoms with van der Waals surface area (Å²) in [6.45, 7) is -1.69. The molecular formula is C27H30O14. The first-order valence-electron chi connectivity index (χ1n) is 12.4. The van der Waals surface area contributed by atoms with Crippen LogP contribution in [0, 0.1) is 0 Å². The van der Waals surface area contributed by atoms with Crippen LogP contribution in [0.1, 0.15) is 15.9 Å². The molecule has 14 heteroatoms. The standard InChI is InChI=1S/C27H30O14/c28-16-8-6-14(10-17(16)29)7-9-19(30)38-12-27(36)13-39-26(23(27)34)37-11-18-20(31)21(32)22(33)25(40-18)41-24(35)15-4-2-1-3-5-15/h1-10,18,20-23,25-26,28-29,31-34,36H,11-13H2/b9-7+/t18-,20-,21+,22-,23+,25+,26-,27-/m1/s1. The number of aliphatic hydroxyl groups is 5. The highest BCUT2D eigenvalue weighted by Gasteiger charge is 2.51. The van der Waals surface area contributed by atoms with Crippen LogP contribution in [0.2, 0.25) is 0 Å². The fourth-order valence-corrected chi connectivity index (χ4v) is 4.06. The highest BCUT2D eigenvalue weighted by molar-refractivity contribution is 5.89. The van der Waals surface area contributed by atoms with Gasteiger partial charge in [0.05, 0.1) is 18.8 Å². The second-order valence-corrected chi connectivity index (χ2v) is 9.54. The molecule has 0 spiro atoms. The van der Waals surface area contributed by atoms with E-state index >= 15 is 0 Å². The maximum atomic E-state index is 12.4. The summed E-state index contributed by atoms with van der Waals surface area (Å²) in [5, 5.41) is 70.9. The van der Waals surface area contributed by atoms with Crippen LogP contribution in [0.25, 0.3) is 6.08 Å². The Labute approximate surface area is 233 Å². The monoisotopic (exact) mass is 578 g/mol. The van der Waals surface area contributed by atoms with Crippen molar-refractivity contribution in [2.24, 2.45) is 0 Å². The molecule has 2 heterocycles. The van der Waals surface area contributed by atoms with Gasteiger partial charge in [0.15, 0.2) is 23.4 Å². The molecule has 41 heavy (non-hydrogen) atoms. The smallest absolute Gasteiger partial charge is 0.340 e. The minimum absolute atomic E-state index is 0.161. The molecule has 0 aromatic heterocycles. The molecule has 2 aliphatic rings. The summed E-state index contributed by atoms with van der Waals surface area (Å²) in [5.41, 5.74) is -1.51. The van der Waals surface area contributed by atoms with E-state index in [1.165, 1.54) is 36.4 Å². The first-order valence-corrected chi connectivity index (χ1v) is 12.4. The van der Waals surface area contributed by atoms with Gasteiger partial charge in [-0.2, -0.15) is 0 Å². The Kier molecular flexibility index (Phi) is 9.57. The summed E-state index contributed by atoms with van der Waals surface area (Å²) in [6, 6.07) is 11.7. The molecule has 8 atom stereocenters. The van der Waals surface area contributed by atoms with Gasteiger partial charge in [-0.25, -0.2) is 9.59 Å². The number of phenols is 2. The van der Waals surface area contributed by atoms with Crippen LogP contribution in [0.15, 0.2) is 54.6 Å². The lowest BCUT2D eigenvalue weighted by molar-refractivity contribution is -0.295. The molecule has 2 fully saturated rings. The van der Waals surface area contributed by atoms with Gasteiger partial charge in [0, 0.05) is 6.08 Å². The number of benzene rings is 2. The van der Waals surface area contributed by atoms with Crippen LogP contribution in [0.5, 0.6) is 11.5 Å². The van der Waals surface area contributed by atoms with Crippen molar-refractivity contribution in [2.45, 2.75) is 48.7 Å². The number of rotatable bonds is 9. The van der Waals surface area contributed by atoms with E-state index in [4.69, 9.17) is 23.7 Å². The number of carbonyl (C=O) groups is 2. The average Bonchev–Trinajstić information content (AvgIpc) is 3.25. The zero-order valence-corrected chi connectivity index (χ0v) is 21.4. The van der Waals surface area contributed by atoms with E-state index < -0.39 is 80.5 Å². The quantitative estimate of drug-likeness (QED) is 0.105. The predicted octanol–water partition coefficient (Wildman–Crippen LogP) is -1.22. The van der Waals surface area contributed by atoms with Crippen LogP contribution in [0.3, 0.4) is 0 Å². The zero-order chi connectivity index (χ0) is 29.7. The van der Waals surface area contributed by atoms with Crippen molar-refractivity contribution >= 4 is 18.0 Å². The van der Waals surface area contributed by atoms with Crippen LogP contribution in [-0.4, -0.2) is 116 Å². The molecule has 0 radical (unpaired) electrons. The maximum absolute atomic E-state index is 12.4. The van der Waals surface area contributed by atoms with Crippen molar-refractivity contribution in [1.82, 2.24) is 0 Å². The van der Waals surface area contributed by atoms with E-state index in [9.17, 15) is 45.3 Å². The molecule has 2 saturated heterocycles. The van der Waals surface area contributed by atoms with Gasteiger partial charge in [-0.05, 0) is 35.9 Å². The lowest BCUT2D eigenvalue weighted by Crippen LogP contribution is -2.60. The van der Waals surface area contributed by atoms with E-state index in [1.807, 2.05) is 0 Å². The van der Waals surface area contributed by atoms with Crippen molar-refractivity contribution in [3.63, 3.8) is 0 Å². The largest absolute Gasteiger partial charge is 0.504 e. The molecule has 4 rings (SSSR count). The number of hydrogen-bond acceptors (Lipinski definition) is 14. The molecule has 0 unspecified atom stereocenters. The maximum Gasteiger partial charge on any atom is 0.340 e.